The van der Waals surface area contributed by atoms with Crippen molar-refractivity contribution >= 4 is 40.8 Å². The number of H-pyrrole nitrogens is 1. The molecule has 0 radical (unpaired) electrons. The molecule has 0 spiro atoms. The van der Waals surface area contributed by atoms with E-state index < -0.39 is 12.1 Å². The van der Waals surface area contributed by atoms with Crippen LogP contribution in [0.1, 0.15) is 24.3 Å². The monoisotopic (exact) mass is 450 g/mol. The van der Waals surface area contributed by atoms with Crippen molar-refractivity contribution < 1.29 is 14.6 Å². The largest absolute Gasteiger partial charge is 0.434 e. The van der Waals surface area contributed by atoms with E-state index in [1.807, 2.05) is 0 Å². The van der Waals surface area contributed by atoms with Gasteiger partial charge in [-0.1, -0.05) is 29.8 Å². The summed E-state index contributed by atoms with van der Waals surface area (Å²) in [5, 5.41) is 23.3. The Bertz CT molecular complexity index is 1120. The van der Waals surface area contributed by atoms with E-state index in [1.165, 1.54) is 18.2 Å². The summed E-state index contributed by atoms with van der Waals surface area (Å²) in [6.45, 7) is 3.58. The van der Waals surface area contributed by atoms with Gasteiger partial charge in [-0.3, -0.25) is 4.79 Å². The summed E-state index contributed by atoms with van der Waals surface area (Å²) in [5.74, 6) is 0.128. The van der Waals surface area contributed by atoms with Crippen molar-refractivity contribution in [1.29, 1.82) is 0 Å². The quantitative estimate of drug-likeness (QED) is 0.562. The Morgan fingerprint density at radius 1 is 1.23 bits per heavy atom. The molecule has 0 unspecified atom stereocenters. The van der Waals surface area contributed by atoms with Crippen LogP contribution < -0.4 is 26.4 Å². The molecule has 1 aromatic carbocycles. The van der Waals surface area contributed by atoms with E-state index in [0.717, 1.165) is 5.01 Å². The number of urea groups is 1. The number of nitrogens with zero attached hydrogens (tertiary/aromatic N) is 3. The zero-order chi connectivity index (χ0) is 21.6. The molecule has 30 heavy (non-hydrogen) atoms. The molecule has 0 atom stereocenters. The summed E-state index contributed by atoms with van der Waals surface area (Å²) in [6.07, 6.45) is 0.581. The van der Waals surface area contributed by atoms with Crippen LogP contribution in [0.25, 0.3) is 0 Å². The molecule has 1 saturated carbocycles. The number of halogens is 2. The SMILES string of the molecule is C=C1NC(=O)N(c2cc(Cl)c(Oc3cc([C@H]4C[C@@H](O)C4)c(=O)[nH]n3)c(Cl)c2)N=C1N. The van der Waals surface area contributed by atoms with Crippen LogP contribution in [0, 0.1) is 0 Å². The van der Waals surface area contributed by atoms with Gasteiger partial charge in [-0.05, 0) is 30.9 Å². The maximum Gasteiger partial charge on any atom is 0.347 e. The van der Waals surface area contributed by atoms with Crippen LogP contribution in [0.15, 0.2) is 40.4 Å². The summed E-state index contributed by atoms with van der Waals surface area (Å²) in [6, 6.07) is 3.75. The molecule has 5 N–H and O–H groups in total. The van der Waals surface area contributed by atoms with Crippen LogP contribution in [0.2, 0.25) is 10.0 Å². The van der Waals surface area contributed by atoms with E-state index in [1.54, 1.807) is 0 Å². The van der Waals surface area contributed by atoms with Crippen molar-refractivity contribution in [3.05, 3.63) is 56.4 Å². The lowest BCUT2D eigenvalue weighted by molar-refractivity contribution is 0.0740. The van der Waals surface area contributed by atoms with Gasteiger partial charge in [0.2, 0.25) is 5.88 Å². The molecule has 1 fully saturated rings. The zero-order valence-corrected chi connectivity index (χ0v) is 16.9. The van der Waals surface area contributed by atoms with Crippen LogP contribution in [0.5, 0.6) is 11.6 Å². The summed E-state index contributed by atoms with van der Waals surface area (Å²) >= 11 is 12.6. The number of nitrogens with one attached hydrogen (secondary N) is 2. The van der Waals surface area contributed by atoms with E-state index in [0.29, 0.717) is 18.4 Å². The molecule has 4 rings (SSSR count). The van der Waals surface area contributed by atoms with Gasteiger partial charge in [0.15, 0.2) is 11.6 Å². The van der Waals surface area contributed by atoms with Gasteiger partial charge in [0.1, 0.15) is 0 Å². The summed E-state index contributed by atoms with van der Waals surface area (Å²) < 4.78 is 5.69. The number of amides is 2. The third-order valence-corrected chi connectivity index (χ3v) is 5.32. The summed E-state index contributed by atoms with van der Waals surface area (Å²) in [5.41, 5.74) is 6.26. The van der Waals surface area contributed by atoms with Gasteiger partial charge in [-0.15, -0.1) is 10.2 Å². The number of hydrazone groups is 1. The Balaban J connectivity index is 1.62. The van der Waals surface area contributed by atoms with Crippen molar-refractivity contribution in [2.45, 2.75) is 24.9 Å². The summed E-state index contributed by atoms with van der Waals surface area (Å²) in [4.78, 5) is 24.2. The highest BCUT2D eigenvalue weighted by Gasteiger charge is 2.31. The first-order valence-electron chi connectivity index (χ1n) is 8.82. The highest BCUT2D eigenvalue weighted by Crippen LogP contribution is 2.41. The maximum atomic E-state index is 12.2. The normalized spacial score (nSPS) is 21.0. The molecular weight excluding hydrogens is 435 g/mol. The molecule has 10 nitrogen and oxygen atoms in total. The smallest absolute Gasteiger partial charge is 0.347 e. The molecular formula is C18H16Cl2N6O4. The van der Waals surface area contributed by atoms with Gasteiger partial charge in [0, 0.05) is 11.6 Å². The number of aromatic amines is 1. The number of benzene rings is 1. The average molecular weight is 451 g/mol. The fraction of sp³-hybridized carbons (Fsp3) is 0.222. The first kappa shape index (κ1) is 20.2. The topological polar surface area (TPSA) is 146 Å². The minimum Gasteiger partial charge on any atom is -0.434 e. The number of hydrogen-bond acceptors (Lipinski definition) is 7. The number of hydrogen-bond donors (Lipinski definition) is 4. The molecule has 1 aliphatic heterocycles. The van der Waals surface area contributed by atoms with Gasteiger partial charge in [-0.2, -0.15) is 5.01 Å². The van der Waals surface area contributed by atoms with Crippen LogP contribution in [-0.4, -0.2) is 33.3 Å². The Hall–Kier alpha value is -3.08. The number of aromatic nitrogens is 2. The molecule has 2 aromatic rings. The second-order valence-corrected chi connectivity index (χ2v) is 7.67. The Morgan fingerprint density at radius 2 is 1.90 bits per heavy atom. The lowest BCUT2D eigenvalue weighted by atomic mass is 9.78. The molecule has 156 valence electrons. The molecule has 2 amide bonds. The minimum atomic E-state index is -0.579. The number of carbonyl (C=O) groups excluding carboxylic acids is 1. The third kappa shape index (κ3) is 3.72. The van der Waals surface area contributed by atoms with E-state index in [-0.39, 0.29) is 50.4 Å². The van der Waals surface area contributed by atoms with E-state index in [2.05, 4.69) is 27.2 Å². The number of ether oxygens (including phenoxy) is 1. The highest BCUT2D eigenvalue weighted by atomic mass is 35.5. The number of carbonyl (C=O) groups is 1. The Labute approximate surface area is 179 Å². The van der Waals surface area contributed by atoms with Crippen molar-refractivity contribution in [2.24, 2.45) is 10.8 Å². The number of anilines is 1. The number of rotatable bonds is 4. The Kier molecular flexibility index (Phi) is 5.14. The van der Waals surface area contributed by atoms with Gasteiger partial charge in [0.05, 0.1) is 27.5 Å². The average Bonchev–Trinajstić information content (AvgIpc) is 2.66. The predicted octanol–water partition coefficient (Wildman–Crippen LogP) is 2.42. The summed E-state index contributed by atoms with van der Waals surface area (Å²) in [7, 11) is 0. The molecule has 2 aliphatic rings. The number of amidine groups is 1. The van der Waals surface area contributed by atoms with Gasteiger partial charge < -0.3 is 20.9 Å². The van der Waals surface area contributed by atoms with Crippen molar-refractivity contribution in [3.63, 3.8) is 0 Å². The molecule has 1 aromatic heterocycles. The highest BCUT2D eigenvalue weighted by molar-refractivity contribution is 6.37. The lowest BCUT2D eigenvalue weighted by Crippen LogP contribution is -2.45. The minimum absolute atomic E-state index is 0.0354. The van der Waals surface area contributed by atoms with Crippen LogP contribution in [0.4, 0.5) is 10.5 Å². The second kappa shape index (κ2) is 7.63. The van der Waals surface area contributed by atoms with Crippen LogP contribution >= 0.6 is 23.2 Å². The zero-order valence-electron chi connectivity index (χ0n) is 15.4. The van der Waals surface area contributed by atoms with Crippen LogP contribution in [0.3, 0.4) is 0 Å². The lowest BCUT2D eigenvalue weighted by Gasteiger charge is -2.30. The molecule has 1 aliphatic carbocycles. The fourth-order valence-electron chi connectivity index (χ4n) is 3.10. The van der Waals surface area contributed by atoms with E-state index >= 15 is 0 Å². The maximum absolute atomic E-state index is 12.2. The third-order valence-electron chi connectivity index (χ3n) is 4.76. The predicted molar refractivity (Wildman–Crippen MR) is 111 cm³/mol. The van der Waals surface area contributed by atoms with Crippen LogP contribution in [-0.2, 0) is 0 Å². The molecule has 12 heteroatoms. The number of aliphatic hydroxyl groups excluding tert-OH is 1. The van der Waals surface area contributed by atoms with E-state index in [4.69, 9.17) is 33.7 Å². The van der Waals surface area contributed by atoms with Gasteiger partial charge in [-0.25, -0.2) is 9.89 Å². The number of aliphatic hydroxyl groups is 1. The van der Waals surface area contributed by atoms with Crippen molar-refractivity contribution in [1.82, 2.24) is 15.5 Å². The molecule has 0 bridgehead atoms. The van der Waals surface area contributed by atoms with Gasteiger partial charge >= 0.3 is 6.03 Å². The fourth-order valence-corrected chi connectivity index (χ4v) is 3.66. The first-order chi connectivity index (χ1) is 14.2. The second-order valence-electron chi connectivity index (χ2n) is 6.86. The molecule has 0 saturated heterocycles. The number of nitrogens with two attached hydrogens (primary N) is 1. The van der Waals surface area contributed by atoms with Crippen molar-refractivity contribution in [2.75, 3.05) is 5.01 Å². The first-order valence-corrected chi connectivity index (χ1v) is 9.57. The standard InChI is InChI=1S/C18H16Cl2N6O4/c1-7-16(21)25-26(18(29)22-7)9-4-12(19)15(13(20)5-9)30-14-6-11(17(28)24-23-14)8-2-10(27)3-8/h4-6,8,10,27H,1-3H2,(H2,21,25)(H,22,29)(H,24,28)/t8-,10+. The van der Waals surface area contributed by atoms with Gasteiger partial charge in [0.25, 0.3) is 5.56 Å². The van der Waals surface area contributed by atoms with Crippen molar-refractivity contribution in [3.8, 4) is 11.6 Å². The Morgan fingerprint density at radius 3 is 2.53 bits per heavy atom. The molecule has 2 heterocycles. The van der Waals surface area contributed by atoms with E-state index in [9.17, 15) is 14.7 Å².